The van der Waals surface area contributed by atoms with E-state index < -0.39 is 29.1 Å². The van der Waals surface area contributed by atoms with Crippen LogP contribution in [0.5, 0.6) is 0 Å². The van der Waals surface area contributed by atoms with Gasteiger partial charge in [0.05, 0.1) is 22.9 Å². The number of carboxylic acid groups (broad SMARTS) is 2. The third-order valence-corrected chi connectivity index (χ3v) is 7.42. The molecule has 0 spiro atoms. The number of anilines is 1. The molecular formula is C28H29ClN6O9. The van der Waals surface area contributed by atoms with Crippen molar-refractivity contribution >= 4 is 52.4 Å². The van der Waals surface area contributed by atoms with Gasteiger partial charge >= 0.3 is 11.9 Å². The highest BCUT2D eigenvalue weighted by Crippen LogP contribution is 2.35. The molecule has 0 unspecified atom stereocenters. The molecule has 1 fully saturated rings. The highest BCUT2D eigenvalue weighted by molar-refractivity contribution is 6.37. The van der Waals surface area contributed by atoms with Crippen LogP contribution < -0.4 is 4.90 Å². The van der Waals surface area contributed by atoms with Crippen molar-refractivity contribution in [3.8, 4) is 0 Å². The molecule has 2 atom stereocenters. The number of nitro benzene ring substituents is 1. The van der Waals surface area contributed by atoms with E-state index in [1.165, 1.54) is 17.0 Å². The van der Waals surface area contributed by atoms with Crippen LogP contribution in [0.25, 0.3) is 0 Å². The van der Waals surface area contributed by atoms with Gasteiger partial charge in [-0.05, 0) is 18.7 Å². The Hall–Kier alpha value is -4.70. The van der Waals surface area contributed by atoms with Gasteiger partial charge in [-0.3, -0.25) is 24.8 Å². The van der Waals surface area contributed by atoms with Crippen molar-refractivity contribution < 1.29 is 39.7 Å². The lowest BCUT2D eigenvalue weighted by Gasteiger charge is -2.33. The summed E-state index contributed by atoms with van der Waals surface area (Å²) in [6.45, 7) is 6.82. The Morgan fingerprint density at radius 3 is 2.25 bits per heavy atom. The third-order valence-electron chi connectivity index (χ3n) is 7.09. The number of amides is 1. The first-order chi connectivity index (χ1) is 20.9. The summed E-state index contributed by atoms with van der Waals surface area (Å²) in [6.07, 6.45) is -2.71. The van der Waals surface area contributed by atoms with Crippen molar-refractivity contribution in [1.29, 1.82) is 0 Å². The van der Waals surface area contributed by atoms with E-state index in [0.717, 1.165) is 32.7 Å². The van der Waals surface area contributed by atoms with E-state index in [1.54, 1.807) is 18.2 Å². The number of aliphatic imine (C=N–C) groups is 2. The molecule has 4 N–H and O–H groups in total. The van der Waals surface area contributed by atoms with Crippen molar-refractivity contribution in [3.63, 3.8) is 0 Å². The van der Waals surface area contributed by atoms with Gasteiger partial charge in [-0.1, -0.05) is 36.7 Å². The highest BCUT2D eigenvalue weighted by Gasteiger charge is 2.37. The first kappa shape index (κ1) is 32.2. The van der Waals surface area contributed by atoms with Crippen molar-refractivity contribution in [2.45, 2.75) is 19.1 Å². The second-order valence-electron chi connectivity index (χ2n) is 9.82. The minimum absolute atomic E-state index is 0.0879. The first-order valence-electron chi connectivity index (χ1n) is 13.4. The van der Waals surface area contributed by atoms with Crippen LogP contribution in [-0.4, -0.2) is 116 Å². The number of fused-ring (bicyclic) bond motifs is 3. The SMILES string of the molecule is CCN1CCN(/C=C2/N=C3CN=C(c4ccccc4Cl)c4cc([N+](=O)[O-])ccc4N3C2=O)CC1.O=C(O)[C@H](O)[C@@H](O)C(=O)O. The molecule has 0 aromatic heterocycles. The van der Waals surface area contributed by atoms with Gasteiger partial charge in [0.25, 0.3) is 11.6 Å². The summed E-state index contributed by atoms with van der Waals surface area (Å²) in [5, 5.41) is 44.5. The minimum atomic E-state index is -2.27. The summed E-state index contributed by atoms with van der Waals surface area (Å²) in [6, 6.07) is 11.6. The molecule has 5 rings (SSSR count). The Morgan fingerprint density at radius 2 is 1.68 bits per heavy atom. The molecule has 2 aromatic rings. The van der Waals surface area contributed by atoms with E-state index in [4.69, 9.17) is 37.0 Å². The topological polar surface area (TPSA) is 210 Å². The van der Waals surface area contributed by atoms with Gasteiger partial charge < -0.3 is 30.2 Å². The Morgan fingerprint density at radius 1 is 1.05 bits per heavy atom. The number of carbonyl (C=O) groups is 3. The molecule has 0 bridgehead atoms. The number of hydrogen-bond donors (Lipinski definition) is 4. The third kappa shape index (κ3) is 6.92. The van der Waals surface area contributed by atoms with Gasteiger partial charge in [-0.25, -0.2) is 14.6 Å². The van der Waals surface area contributed by atoms with Crippen LogP contribution in [0.1, 0.15) is 18.1 Å². The molecule has 232 valence electrons. The molecular weight excluding hydrogens is 600 g/mol. The number of nitro groups is 1. The fraction of sp³-hybridized carbons (Fsp3) is 0.321. The molecule has 15 nitrogen and oxygen atoms in total. The quantitative estimate of drug-likeness (QED) is 0.194. The molecule has 16 heteroatoms. The predicted molar refractivity (Wildman–Crippen MR) is 159 cm³/mol. The van der Waals surface area contributed by atoms with E-state index in [0.29, 0.717) is 39.1 Å². The average molecular weight is 629 g/mol. The summed E-state index contributed by atoms with van der Waals surface area (Å²) in [5.74, 6) is -3.32. The fourth-order valence-electron chi connectivity index (χ4n) is 4.70. The molecule has 3 heterocycles. The van der Waals surface area contributed by atoms with Crippen LogP contribution in [0.4, 0.5) is 11.4 Å². The number of nitrogens with zero attached hydrogens (tertiary/aromatic N) is 6. The number of likely N-dealkylation sites (N-methyl/N-ethyl adjacent to an activating group) is 1. The molecule has 3 aliphatic heterocycles. The number of benzene rings is 2. The Balaban J connectivity index is 0.000000382. The number of aliphatic hydroxyl groups is 2. The molecule has 0 aliphatic carbocycles. The number of aliphatic hydroxyl groups excluding tert-OH is 2. The van der Waals surface area contributed by atoms with Gasteiger partial charge in [0.15, 0.2) is 12.2 Å². The van der Waals surface area contributed by atoms with E-state index in [1.807, 2.05) is 18.3 Å². The highest BCUT2D eigenvalue weighted by atomic mass is 35.5. The maximum atomic E-state index is 13.5. The smallest absolute Gasteiger partial charge is 0.335 e. The summed E-state index contributed by atoms with van der Waals surface area (Å²) >= 11 is 6.44. The van der Waals surface area contributed by atoms with Crippen molar-refractivity contribution in [1.82, 2.24) is 9.80 Å². The summed E-state index contributed by atoms with van der Waals surface area (Å²) in [7, 11) is 0. The van der Waals surface area contributed by atoms with Crippen LogP contribution in [0.15, 0.2) is 64.3 Å². The lowest BCUT2D eigenvalue weighted by molar-refractivity contribution is -0.384. The van der Waals surface area contributed by atoms with Gasteiger partial charge in [0.2, 0.25) is 0 Å². The zero-order valence-corrected chi connectivity index (χ0v) is 24.2. The molecule has 3 aliphatic rings. The molecule has 0 radical (unpaired) electrons. The monoisotopic (exact) mass is 628 g/mol. The molecule has 0 saturated carbocycles. The van der Waals surface area contributed by atoms with Crippen molar-refractivity contribution in [3.05, 3.63) is 80.6 Å². The lowest BCUT2D eigenvalue weighted by Crippen LogP contribution is -2.44. The second-order valence-corrected chi connectivity index (χ2v) is 10.2. The number of hydrogen-bond acceptors (Lipinski definition) is 11. The standard InChI is InChI=1S/C24H23ClN6O3.C4H6O6/c1-2-28-9-11-29(12-10-28)15-20-24(32)30-21-8-7-16(31(33)34)13-18(21)23(26-14-22(30)27-20)17-5-3-4-6-19(17)25;5-1(3(7)8)2(6)4(9)10/h3-8,13,15H,2,9-12,14H2,1H3;1-2,5-6H,(H,7,8)(H,9,10)/b20-15+;/t;1-,2-/m.1/s1. The van der Waals surface area contributed by atoms with Gasteiger partial charge in [-0.15, -0.1) is 0 Å². The second kappa shape index (κ2) is 13.7. The van der Waals surface area contributed by atoms with E-state index in [2.05, 4.69) is 21.7 Å². The van der Waals surface area contributed by atoms with E-state index >= 15 is 0 Å². The first-order valence-corrected chi connectivity index (χ1v) is 13.8. The maximum absolute atomic E-state index is 13.5. The van der Waals surface area contributed by atoms with Gasteiger partial charge in [-0.2, -0.15) is 0 Å². The fourth-order valence-corrected chi connectivity index (χ4v) is 4.92. The summed E-state index contributed by atoms with van der Waals surface area (Å²) < 4.78 is 0. The van der Waals surface area contributed by atoms with Gasteiger partial charge in [0, 0.05) is 60.7 Å². The molecule has 1 amide bonds. The number of carboxylic acids is 2. The number of halogens is 1. The van der Waals surface area contributed by atoms with Crippen molar-refractivity contribution in [2.75, 3.05) is 44.2 Å². The largest absolute Gasteiger partial charge is 0.479 e. The number of aliphatic carboxylic acids is 2. The van der Waals surface area contributed by atoms with Crippen molar-refractivity contribution in [2.24, 2.45) is 9.98 Å². The molecule has 1 saturated heterocycles. The number of non-ortho nitro benzene ring substituents is 1. The summed E-state index contributed by atoms with van der Waals surface area (Å²) in [5.41, 5.74) is 2.37. The van der Waals surface area contributed by atoms with Crippen LogP contribution >= 0.6 is 11.6 Å². The number of carbonyl (C=O) groups excluding carboxylic acids is 1. The van der Waals surface area contributed by atoms with Crippen LogP contribution in [-0.2, 0) is 14.4 Å². The van der Waals surface area contributed by atoms with E-state index in [9.17, 15) is 24.5 Å². The minimum Gasteiger partial charge on any atom is -0.479 e. The molecule has 44 heavy (non-hydrogen) atoms. The number of piperazine rings is 1. The Bertz CT molecular complexity index is 1550. The maximum Gasteiger partial charge on any atom is 0.335 e. The van der Waals surface area contributed by atoms with Crippen LogP contribution in [0, 0.1) is 10.1 Å². The van der Waals surface area contributed by atoms with Gasteiger partial charge in [0.1, 0.15) is 11.5 Å². The van der Waals surface area contributed by atoms with Crippen LogP contribution in [0.3, 0.4) is 0 Å². The normalized spacial score (nSPS) is 18.6. The zero-order chi connectivity index (χ0) is 32.1. The zero-order valence-electron chi connectivity index (χ0n) is 23.4. The Labute approximate surface area is 255 Å². The van der Waals surface area contributed by atoms with E-state index in [-0.39, 0.29) is 18.1 Å². The lowest BCUT2D eigenvalue weighted by atomic mass is 9.99. The Kier molecular flexibility index (Phi) is 10.1. The summed E-state index contributed by atoms with van der Waals surface area (Å²) in [4.78, 5) is 59.4. The average Bonchev–Trinajstić information content (AvgIpc) is 3.21. The number of rotatable bonds is 7. The predicted octanol–water partition coefficient (Wildman–Crippen LogP) is 1.20. The number of amidine groups is 1. The molecule has 2 aromatic carbocycles. The van der Waals surface area contributed by atoms with Crippen LogP contribution in [0.2, 0.25) is 5.02 Å².